The molecular weight excluding hydrogens is 279 g/mol. The first-order valence-corrected chi connectivity index (χ1v) is 5.51. The first-order valence-electron chi connectivity index (χ1n) is 4.33. The van der Waals surface area contributed by atoms with Crippen LogP contribution in [0.25, 0.3) is 11.4 Å². The fourth-order valence-electron chi connectivity index (χ4n) is 1.26. The van der Waals surface area contributed by atoms with Crippen molar-refractivity contribution in [1.82, 2.24) is 9.97 Å². The quantitative estimate of drug-likeness (QED) is 0.749. The number of hydrogen-bond acceptors (Lipinski definition) is 3. The summed E-state index contributed by atoms with van der Waals surface area (Å²) >= 11 is 9.27. The molecule has 0 saturated carbocycles. The van der Waals surface area contributed by atoms with Gasteiger partial charge in [0.2, 0.25) is 0 Å². The molecule has 2 heterocycles. The van der Waals surface area contributed by atoms with Crippen molar-refractivity contribution in [3.05, 3.63) is 33.4 Å². The summed E-state index contributed by atoms with van der Waals surface area (Å²) in [4.78, 5) is 8.52. The SMILES string of the molecule is Cc1nc(-c2ccoc2C)nc(Cl)c1Br. The molecule has 2 rings (SSSR count). The molecule has 0 unspecified atom stereocenters. The van der Waals surface area contributed by atoms with E-state index in [4.69, 9.17) is 16.0 Å². The molecule has 0 aliphatic rings. The van der Waals surface area contributed by atoms with E-state index >= 15 is 0 Å². The lowest BCUT2D eigenvalue weighted by atomic mass is 10.2. The van der Waals surface area contributed by atoms with Crippen molar-refractivity contribution < 1.29 is 4.42 Å². The van der Waals surface area contributed by atoms with E-state index in [1.54, 1.807) is 6.26 Å². The smallest absolute Gasteiger partial charge is 0.164 e. The Morgan fingerprint density at radius 1 is 1.33 bits per heavy atom. The third-order valence-electron chi connectivity index (χ3n) is 2.08. The Morgan fingerprint density at radius 2 is 2.07 bits per heavy atom. The summed E-state index contributed by atoms with van der Waals surface area (Å²) in [5.74, 6) is 1.37. The first kappa shape index (κ1) is 10.6. The summed E-state index contributed by atoms with van der Waals surface area (Å²) in [5.41, 5.74) is 1.68. The van der Waals surface area contributed by atoms with Crippen LogP contribution in [0.2, 0.25) is 5.15 Å². The fourth-order valence-corrected chi connectivity index (χ4v) is 1.66. The minimum Gasteiger partial charge on any atom is -0.469 e. The van der Waals surface area contributed by atoms with Gasteiger partial charge in [0.1, 0.15) is 10.9 Å². The average Bonchev–Trinajstić information content (AvgIpc) is 2.60. The van der Waals surface area contributed by atoms with Gasteiger partial charge in [-0.3, -0.25) is 0 Å². The second kappa shape index (κ2) is 3.94. The molecule has 3 nitrogen and oxygen atoms in total. The standard InChI is InChI=1S/C10H8BrClN2O/c1-5-8(11)9(12)14-10(13-5)7-3-4-15-6(7)2/h3-4H,1-2H3. The van der Waals surface area contributed by atoms with Gasteiger partial charge >= 0.3 is 0 Å². The monoisotopic (exact) mass is 286 g/mol. The van der Waals surface area contributed by atoms with Gasteiger partial charge in [0, 0.05) is 0 Å². The molecule has 0 aromatic carbocycles. The first-order chi connectivity index (χ1) is 7.09. The maximum atomic E-state index is 5.96. The Hall–Kier alpha value is -0.870. The number of nitrogens with zero attached hydrogens (tertiary/aromatic N) is 2. The van der Waals surface area contributed by atoms with Gasteiger partial charge in [-0.2, -0.15) is 0 Å². The van der Waals surface area contributed by atoms with Crippen LogP contribution in [0, 0.1) is 13.8 Å². The van der Waals surface area contributed by atoms with Crippen molar-refractivity contribution in [3.8, 4) is 11.4 Å². The van der Waals surface area contributed by atoms with Crippen LogP contribution < -0.4 is 0 Å². The molecule has 0 amide bonds. The summed E-state index contributed by atoms with van der Waals surface area (Å²) in [6.07, 6.45) is 1.61. The van der Waals surface area contributed by atoms with E-state index in [9.17, 15) is 0 Å². The average molecular weight is 288 g/mol. The normalized spacial score (nSPS) is 10.7. The van der Waals surface area contributed by atoms with Crippen LogP contribution in [0.3, 0.4) is 0 Å². The van der Waals surface area contributed by atoms with Crippen LogP contribution in [0.15, 0.2) is 21.2 Å². The van der Waals surface area contributed by atoms with Crippen LogP contribution in [0.5, 0.6) is 0 Å². The van der Waals surface area contributed by atoms with Crippen LogP contribution in [-0.4, -0.2) is 9.97 Å². The number of halogens is 2. The maximum absolute atomic E-state index is 5.96. The molecule has 78 valence electrons. The van der Waals surface area contributed by atoms with Crippen LogP contribution in [-0.2, 0) is 0 Å². The lowest BCUT2D eigenvalue weighted by Crippen LogP contribution is -1.94. The Kier molecular flexibility index (Phi) is 2.80. The maximum Gasteiger partial charge on any atom is 0.164 e. The van der Waals surface area contributed by atoms with Gasteiger partial charge in [-0.05, 0) is 35.8 Å². The lowest BCUT2D eigenvalue weighted by molar-refractivity contribution is 0.535. The molecule has 0 spiro atoms. The van der Waals surface area contributed by atoms with E-state index in [1.807, 2.05) is 19.9 Å². The predicted molar refractivity (Wildman–Crippen MR) is 61.9 cm³/mol. The molecule has 0 aliphatic carbocycles. The number of aromatic nitrogens is 2. The van der Waals surface area contributed by atoms with E-state index in [0.29, 0.717) is 11.0 Å². The molecule has 0 atom stereocenters. The van der Waals surface area contributed by atoms with Crippen molar-refractivity contribution in [2.24, 2.45) is 0 Å². The highest BCUT2D eigenvalue weighted by molar-refractivity contribution is 9.10. The second-order valence-electron chi connectivity index (χ2n) is 3.13. The van der Waals surface area contributed by atoms with Crippen LogP contribution in [0.4, 0.5) is 0 Å². The molecule has 2 aromatic heterocycles. The summed E-state index contributed by atoms with van der Waals surface area (Å²) < 4.78 is 5.92. The number of furan rings is 1. The molecular formula is C10H8BrClN2O. The summed E-state index contributed by atoms with van der Waals surface area (Å²) in [7, 11) is 0. The minimum atomic E-state index is 0.415. The Balaban J connectivity index is 2.60. The third kappa shape index (κ3) is 1.92. The van der Waals surface area contributed by atoms with Crippen molar-refractivity contribution in [1.29, 1.82) is 0 Å². The van der Waals surface area contributed by atoms with Gasteiger partial charge in [0.25, 0.3) is 0 Å². The number of aryl methyl sites for hydroxylation is 2. The van der Waals surface area contributed by atoms with Gasteiger partial charge in [0.05, 0.1) is 22.0 Å². The van der Waals surface area contributed by atoms with Gasteiger partial charge in [0.15, 0.2) is 5.82 Å². The zero-order valence-corrected chi connectivity index (χ0v) is 10.6. The van der Waals surface area contributed by atoms with Gasteiger partial charge in [-0.15, -0.1) is 0 Å². The van der Waals surface area contributed by atoms with Gasteiger partial charge in [-0.1, -0.05) is 11.6 Å². The molecule has 2 aromatic rings. The number of rotatable bonds is 1. The molecule has 0 fully saturated rings. The fraction of sp³-hybridized carbons (Fsp3) is 0.200. The molecule has 5 heteroatoms. The molecule has 0 bridgehead atoms. The Bertz CT molecular complexity index is 487. The Labute approximate surface area is 101 Å². The molecule has 0 N–H and O–H groups in total. The third-order valence-corrected chi connectivity index (χ3v) is 3.53. The lowest BCUT2D eigenvalue weighted by Gasteiger charge is -2.03. The highest BCUT2D eigenvalue weighted by Gasteiger charge is 2.12. The zero-order chi connectivity index (χ0) is 11.0. The van der Waals surface area contributed by atoms with Crippen molar-refractivity contribution in [3.63, 3.8) is 0 Å². The molecule has 15 heavy (non-hydrogen) atoms. The molecule has 0 saturated heterocycles. The van der Waals surface area contributed by atoms with Crippen molar-refractivity contribution in [2.75, 3.05) is 0 Å². The predicted octanol–water partition coefficient (Wildman–Crippen LogP) is 3.77. The summed E-state index contributed by atoms with van der Waals surface area (Å²) in [6, 6.07) is 1.83. The molecule has 0 aliphatic heterocycles. The minimum absolute atomic E-state index is 0.415. The highest BCUT2D eigenvalue weighted by Crippen LogP contribution is 2.27. The van der Waals surface area contributed by atoms with Gasteiger partial charge in [-0.25, -0.2) is 9.97 Å². The van der Waals surface area contributed by atoms with E-state index in [1.165, 1.54) is 0 Å². The van der Waals surface area contributed by atoms with E-state index in [-0.39, 0.29) is 0 Å². The van der Waals surface area contributed by atoms with E-state index in [2.05, 4.69) is 25.9 Å². The largest absolute Gasteiger partial charge is 0.469 e. The van der Waals surface area contributed by atoms with Crippen molar-refractivity contribution in [2.45, 2.75) is 13.8 Å². The topological polar surface area (TPSA) is 38.9 Å². The van der Waals surface area contributed by atoms with Crippen LogP contribution >= 0.6 is 27.5 Å². The highest BCUT2D eigenvalue weighted by atomic mass is 79.9. The second-order valence-corrected chi connectivity index (χ2v) is 4.28. The Morgan fingerprint density at radius 3 is 2.60 bits per heavy atom. The number of hydrogen-bond donors (Lipinski definition) is 0. The van der Waals surface area contributed by atoms with Gasteiger partial charge < -0.3 is 4.42 Å². The summed E-state index contributed by atoms with van der Waals surface area (Å²) in [6.45, 7) is 3.74. The summed E-state index contributed by atoms with van der Waals surface area (Å²) in [5, 5.41) is 0.415. The zero-order valence-electron chi connectivity index (χ0n) is 8.21. The molecule has 0 radical (unpaired) electrons. The van der Waals surface area contributed by atoms with E-state index in [0.717, 1.165) is 21.5 Å². The van der Waals surface area contributed by atoms with Crippen LogP contribution in [0.1, 0.15) is 11.5 Å². The van der Waals surface area contributed by atoms with E-state index < -0.39 is 0 Å². The van der Waals surface area contributed by atoms with Crippen molar-refractivity contribution >= 4 is 27.5 Å².